The average Bonchev–Trinajstić information content (AvgIpc) is 2.89. The summed E-state index contributed by atoms with van der Waals surface area (Å²) in [5.74, 6) is 1.40. The summed E-state index contributed by atoms with van der Waals surface area (Å²) in [6.07, 6.45) is 0.814. The zero-order valence-corrected chi connectivity index (χ0v) is 20.9. The summed E-state index contributed by atoms with van der Waals surface area (Å²) >= 11 is 0. The van der Waals surface area contributed by atoms with Gasteiger partial charge in [-0.15, -0.1) is 0 Å². The molecule has 0 atom stereocenters. The van der Waals surface area contributed by atoms with E-state index in [9.17, 15) is 4.79 Å². The normalized spacial score (nSPS) is 10.4. The molecule has 0 aliphatic rings. The Morgan fingerprint density at radius 3 is 1.80 bits per heavy atom. The molecule has 3 rings (SSSR count). The van der Waals surface area contributed by atoms with Gasteiger partial charge in [-0.05, 0) is 49.6 Å². The molecule has 0 radical (unpaired) electrons. The Labute approximate surface area is 209 Å². The number of hydrogen-bond acceptors (Lipinski definition) is 6. The van der Waals surface area contributed by atoms with E-state index in [1.807, 2.05) is 99.6 Å². The quantitative estimate of drug-likeness (QED) is 0.186. The van der Waals surface area contributed by atoms with Crippen molar-refractivity contribution >= 4 is 6.29 Å². The maximum absolute atomic E-state index is 10.5. The Morgan fingerprint density at radius 2 is 1.29 bits per heavy atom. The minimum Gasteiger partial charge on any atom is -0.485 e. The molecule has 0 aromatic heterocycles. The monoisotopic (exact) mass is 479 g/mol. The second-order valence-corrected chi connectivity index (χ2v) is 7.61. The van der Waals surface area contributed by atoms with Crippen LogP contribution in [0.4, 0.5) is 0 Å². The van der Waals surface area contributed by atoms with E-state index in [4.69, 9.17) is 18.9 Å². The molecule has 0 aliphatic carbocycles. The first-order chi connectivity index (χ1) is 17.2. The smallest absolute Gasteiger partial charge is 0.162 e. The fourth-order valence-corrected chi connectivity index (χ4v) is 3.16. The number of hydrogen-bond donors (Lipinski definition) is 1. The number of ether oxygens (including phenoxy) is 4. The van der Waals surface area contributed by atoms with Crippen LogP contribution in [-0.2, 0) is 34.0 Å². The minimum absolute atomic E-state index is 0.0370. The summed E-state index contributed by atoms with van der Waals surface area (Å²) in [6, 6.07) is 25.9. The highest BCUT2D eigenvalue weighted by Crippen LogP contribution is 2.30. The maximum atomic E-state index is 10.5. The van der Waals surface area contributed by atoms with Gasteiger partial charge in [0.1, 0.15) is 19.5 Å². The molecule has 0 fully saturated rings. The molecule has 0 unspecified atom stereocenters. The van der Waals surface area contributed by atoms with Crippen LogP contribution in [0.5, 0.6) is 11.5 Å². The van der Waals surface area contributed by atoms with Crippen LogP contribution in [-0.4, -0.2) is 32.3 Å². The van der Waals surface area contributed by atoms with Gasteiger partial charge in [0.2, 0.25) is 0 Å². The van der Waals surface area contributed by atoms with Gasteiger partial charge in [-0.2, -0.15) is 0 Å². The van der Waals surface area contributed by atoms with Crippen LogP contribution in [0.3, 0.4) is 0 Å². The van der Waals surface area contributed by atoms with Crippen molar-refractivity contribution in [2.45, 2.75) is 46.8 Å². The van der Waals surface area contributed by atoms with Crippen molar-refractivity contribution in [2.24, 2.45) is 0 Å². The molecule has 0 heterocycles. The van der Waals surface area contributed by atoms with Gasteiger partial charge < -0.3 is 29.1 Å². The fraction of sp³-hybridized carbons (Fsp3) is 0.345. The summed E-state index contributed by atoms with van der Waals surface area (Å²) in [6.45, 7) is 9.12. The predicted molar refractivity (Wildman–Crippen MR) is 138 cm³/mol. The molecule has 0 amide bonds. The van der Waals surface area contributed by atoms with Gasteiger partial charge in [-0.25, -0.2) is 0 Å². The molecule has 1 N–H and O–H groups in total. The lowest BCUT2D eigenvalue weighted by molar-refractivity contribution is -0.123. The topological polar surface area (TPSA) is 66.0 Å². The number of carbonyl (C=O) groups excluding carboxylic acids is 1. The van der Waals surface area contributed by atoms with Crippen molar-refractivity contribution in [1.29, 1.82) is 0 Å². The molecule has 6 heteroatoms. The maximum Gasteiger partial charge on any atom is 0.162 e. The summed E-state index contributed by atoms with van der Waals surface area (Å²) in [5.41, 5.74) is 3.23. The third-order valence-corrected chi connectivity index (χ3v) is 4.84. The zero-order chi connectivity index (χ0) is 25.1. The van der Waals surface area contributed by atoms with Gasteiger partial charge in [0, 0.05) is 19.8 Å². The van der Waals surface area contributed by atoms with Crippen molar-refractivity contribution in [3.63, 3.8) is 0 Å². The molecule has 0 bridgehead atoms. The van der Waals surface area contributed by atoms with Gasteiger partial charge in [0.05, 0.1) is 6.54 Å². The second-order valence-electron chi connectivity index (χ2n) is 7.61. The van der Waals surface area contributed by atoms with E-state index in [1.165, 1.54) is 0 Å². The highest BCUT2D eigenvalue weighted by atomic mass is 16.7. The van der Waals surface area contributed by atoms with Crippen LogP contribution >= 0.6 is 0 Å². The SMILES string of the molecule is CCOC(C)OCC.O=CCNCc1ccc(OCc2ccccc2)c(OCc2ccccc2)c1. The lowest BCUT2D eigenvalue weighted by Gasteiger charge is -2.15. The molecular weight excluding hydrogens is 442 g/mol. The van der Waals surface area contributed by atoms with E-state index >= 15 is 0 Å². The van der Waals surface area contributed by atoms with Gasteiger partial charge >= 0.3 is 0 Å². The van der Waals surface area contributed by atoms with Crippen LogP contribution in [0.25, 0.3) is 0 Å². The Morgan fingerprint density at radius 1 is 0.743 bits per heavy atom. The van der Waals surface area contributed by atoms with Gasteiger partial charge in [0.15, 0.2) is 17.8 Å². The first-order valence-corrected chi connectivity index (χ1v) is 12.0. The van der Waals surface area contributed by atoms with Crippen LogP contribution in [0, 0.1) is 0 Å². The van der Waals surface area contributed by atoms with E-state index in [0.717, 1.165) is 36.2 Å². The number of aldehydes is 1. The Hall–Kier alpha value is -3.19. The zero-order valence-electron chi connectivity index (χ0n) is 20.9. The molecular formula is C29H37NO5. The summed E-state index contributed by atoms with van der Waals surface area (Å²) in [4.78, 5) is 10.5. The van der Waals surface area contributed by atoms with E-state index in [2.05, 4.69) is 5.32 Å². The second kappa shape index (κ2) is 17.3. The van der Waals surface area contributed by atoms with Crippen molar-refractivity contribution in [2.75, 3.05) is 19.8 Å². The predicted octanol–water partition coefficient (Wildman–Crippen LogP) is 5.54. The minimum atomic E-state index is -0.0370. The van der Waals surface area contributed by atoms with Crippen molar-refractivity contribution in [1.82, 2.24) is 5.32 Å². The first kappa shape index (κ1) is 28.1. The summed E-state index contributed by atoms with van der Waals surface area (Å²) in [7, 11) is 0. The van der Waals surface area contributed by atoms with E-state index in [1.54, 1.807) is 0 Å². The van der Waals surface area contributed by atoms with E-state index < -0.39 is 0 Å². The van der Waals surface area contributed by atoms with Gasteiger partial charge in [-0.1, -0.05) is 66.7 Å². The molecule has 3 aromatic carbocycles. The number of benzene rings is 3. The molecule has 0 aliphatic heterocycles. The van der Waals surface area contributed by atoms with E-state index in [-0.39, 0.29) is 6.29 Å². The fourth-order valence-electron chi connectivity index (χ4n) is 3.16. The number of carbonyl (C=O) groups is 1. The van der Waals surface area contributed by atoms with Crippen LogP contribution in [0.2, 0.25) is 0 Å². The van der Waals surface area contributed by atoms with Gasteiger partial charge in [-0.3, -0.25) is 0 Å². The van der Waals surface area contributed by atoms with Crippen molar-refractivity contribution in [3.8, 4) is 11.5 Å². The molecule has 35 heavy (non-hydrogen) atoms. The lowest BCUT2D eigenvalue weighted by Crippen LogP contribution is -2.15. The highest BCUT2D eigenvalue weighted by molar-refractivity contribution is 5.52. The third kappa shape index (κ3) is 11.7. The van der Waals surface area contributed by atoms with Gasteiger partial charge in [0.25, 0.3) is 0 Å². The Kier molecular flexibility index (Phi) is 13.8. The highest BCUT2D eigenvalue weighted by Gasteiger charge is 2.08. The van der Waals surface area contributed by atoms with Crippen LogP contribution in [0.15, 0.2) is 78.9 Å². The summed E-state index contributed by atoms with van der Waals surface area (Å²) in [5, 5.41) is 3.07. The van der Waals surface area contributed by atoms with E-state index in [0.29, 0.717) is 37.8 Å². The number of nitrogens with one attached hydrogen (secondary N) is 1. The average molecular weight is 480 g/mol. The standard InChI is InChI=1S/C23H23NO3.C6H14O2/c25-14-13-24-16-21-11-12-22(26-17-19-7-3-1-4-8-19)23(15-21)27-18-20-9-5-2-6-10-20;1-4-7-6(3)8-5-2/h1-12,14-15,24H,13,16-18H2;6H,4-5H2,1-3H3. The largest absolute Gasteiger partial charge is 0.485 e. The Balaban J connectivity index is 0.000000466. The van der Waals surface area contributed by atoms with Crippen molar-refractivity contribution < 1.29 is 23.7 Å². The first-order valence-electron chi connectivity index (χ1n) is 12.0. The van der Waals surface area contributed by atoms with Crippen LogP contribution < -0.4 is 14.8 Å². The summed E-state index contributed by atoms with van der Waals surface area (Å²) < 4.78 is 22.1. The Bertz CT molecular complexity index is 944. The van der Waals surface area contributed by atoms with Crippen LogP contribution in [0.1, 0.15) is 37.5 Å². The molecule has 3 aromatic rings. The number of rotatable bonds is 14. The third-order valence-electron chi connectivity index (χ3n) is 4.84. The molecule has 6 nitrogen and oxygen atoms in total. The molecule has 0 saturated carbocycles. The lowest BCUT2D eigenvalue weighted by atomic mass is 10.2. The molecule has 0 spiro atoms. The van der Waals surface area contributed by atoms with Crippen molar-refractivity contribution in [3.05, 3.63) is 95.6 Å². The molecule has 0 saturated heterocycles. The molecule has 188 valence electrons.